The summed E-state index contributed by atoms with van der Waals surface area (Å²) < 4.78 is 0. The van der Waals surface area contributed by atoms with E-state index in [2.05, 4.69) is 48.6 Å². The Morgan fingerprint density at radius 3 is 2.38 bits per heavy atom. The zero-order valence-electron chi connectivity index (χ0n) is 12.3. The van der Waals surface area contributed by atoms with Gasteiger partial charge in [-0.05, 0) is 31.0 Å². The number of nitrogens with one attached hydrogen (secondary N) is 1. The van der Waals surface area contributed by atoms with Crippen LogP contribution < -0.4 is 5.32 Å². The summed E-state index contributed by atoms with van der Waals surface area (Å²) in [5.41, 5.74) is 2.92. The van der Waals surface area contributed by atoms with Crippen molar-refractivity contribution in [1.82, 2.24) is 5.32 Å². The molecule has 1 aliphatic heterocycles. The van der Waals surface area contributed by atoms with Crippen molar-refractivity contribution in [2.45, 2.75) is 24.9 Å². The number of aliphatic hydroxyl groups is 1. The molecule has 2 nitrogen and oxygen atoms in total. The van der Waals surface area contributed by atoms with Gasteiger partial charge in [-0.2, -0.15) is 0 Å². The molecule has 0 amide bonds. The fourth-order valence-electron chi connectivity index (χ4n) is 3.25. The van der Waals surface area contributed by atoms with Crippen LogP contribution in [0.4, 0.5) is 0 Å². The molecule has 1 aliphatic rings. The van der Waals surface area contributed by atoms with E-state index in [1.54, 1.807) is 0 Å². The quantitative estimate of drug-likeness (QED) is 0.912. The summed E-state index contributed by atoms with van der Waals surface area (Å²) in [4.78, 5) is 0. The SMILES string of the molecule is Cc1cccc(C(c2ccccc2)C2(O)CCNC2)c1.Cl. The summed E-state index contributed by atoms with van der Waals surface area (Å²) in [5, 5.41) is 14.4. The van der Waals surface area contributed by atoms with Crippen LogP contribution in [0.15, 0.2) is 54.6 Å². The third kappa shape index (κ3) is 3.29. The van der Waals surface area contributed by atoms with Crippen LogP contribution in [0.25, 0.3) is 0 Å². The second-order valence-corrected chi connectivity index (χ2v) is 5.79. The molecule has 1 heterocycles. The first kappa shape index (κ1) is 16.0. The van der Waals surface area contributed by atoms with Gasteiger partial charge < -0.3 is 10.4 Å². The van der Waals surface area contributed by atoms with Gasteiger partial charge >= 0.3 is 0 Å². The molecule has 0 bridgehead atoms. The maximum absolute atomic E-state index is 11.1. The predicted octanol–water partition coefficient (Wildman–Crippen LogP) is 3.27. The Labute approximate surface area is 132 Å². The van der Waals surface area contributed by atoms with Gasteiger partial charge in [0.05, 0.1) is 5.60 Å². The van der Waals surface area contributed by atoms with Crippen LogP contribution in [0, 0.1) is 6.92 Å². The van der Waals surface area contributed by atoms with Gasteiger partial charge in [0.1, 0.15) is 0 Å². The Morgan fingerprint density at radius 1 is 1.05 bits per heavy atom. The van der Waals surface area contributed by atoms with Gasteiger partial charge in [0.15, 0.2) is 0 Å². The molecule has 2 aromatic rings. The number of halogens is 1. The lowest BCUT2D eigenvalue weighted by Gasteiger charge is -2.33. The van der Waals surface area contributed by atoms with Crippen LogP contribution in [0.2, 0.25) is 0 Å². The van der Waals surface area contributed by atoms with E-state index in [-0.39, 0.29) is 18.3 Å². The number of β-amino-alcohol motifs (C(OH)–C–C–N with tert-alkyl or cyclic N) is 1. The highest BCUT2D eigenvalue weighted by molar-refractivity contribution is 5.85. The molecule has 1 fully saturated rings. The van der Waals surface area contributed by atoms with E-state index in [1.165, 1.54) is 16.7 Å². The molecular weight excluding hydrogens is 282 g/mol. The van der Waals surface area contributed by atoms with Crippen molar-refractivity contribution in [1.29, 1.82) is 0 Å². The Balaban J connectivity index is 0.00000161. The first-order chi connectivity index (χ1) is 9.69. The minimum absolute atomic E-state index is 0. The van der Waals surface area contributed by atoms with E-state index in [1.807, 2.05) is 18.2 Å². The summed E-state index contributed by atoms with van der Waals surface area (Å²) in [7, 11) is 0. The topological polar surface area (TPSA) is 32.3 Å². The summed E-state index contributed by atoms with van der Waals surface area (Å²) in [5.74, 6) is 0.0265. The largest absolute Gasteiger partial charge is 0.388 e. The summed E-state index contributed by atoms with van der Waals surface area (Å²) in [6.07, 6.45) is 0.792. The highest BCUT2D eigenvalue weighted by Gasteiger charge is 2.41. The highest BCUT2D eigenvalue weighted by Crippen LogP contribution is 2.38. The predicted molar refractivity (Wildman–Crippen MR) is 89.1 cm³/mol. The Kier molecular flexibility index (Phi) is 5.04. The maximum atomic E-state index is 11.1. The number of hydrogen-bond acceptors (Lipinski definition) is 2. The second kappa shape index (κ2) is 6.61. The molecule has 3 heteroatoms. The number of hydrogen-bond donors (Lipinski definition) is 2. The summed E-state index contributed by atoms with van der Waals surface area (Å²) in [6.45, 7) is 3.63. The monoisotopic (exact) mass is 303 g/mol. The Hall–Kier alpha value is -1.35. The number of aryl methyl sites for hydroxylation is 1. The second-order valence-electron chi connectivity index (χ2n) is 5.79. The van der Waals surface area contributed by atoms with Crippen molar-refractivity contribution in [3.63, 3.8) is 0 Å². The molecule has 21 heavy (non-hydrogen) atoms. The summed E-state index contributed by atoms with van der Waals surface area (Å²) >= 11 is 0. The molecule has 0 radical (unpaired) electrons. The van der Waals surface area contributed by atoms with E-state index < -0.39 is 5.60 Å². The van der Waals surface area contributed by atoms with Crippen molar-refractivity contribution in [2.24, 2.45) is 0 Å². The third-order valence-electron chi connectivity index (χ3n) is 4.21. The van der Waals surface area contributed by atoms with Crippen LogP contribution in [0.5, 0.6) is 0 Å². The van der Waals surface area contributed by atoms with Crippen molar-refractivity contribution in [3.8, 4) is 0 Å². The Morgan fingerprint density at radius 2 is 1.76 bits per heavy atom. The molecule has 0 aromatic heterocycles. The lowest BCUT2D eigenvalue weighted by Crippen LogP contribution is -2.39. The molecule has 2 atom stereocenters. The zero-order chi connectivity index (χ0) is 14.0. The minimum atomic E-state index is -0.699. The lowest BCUT2D eigenvalue weighted by molar-refractivity contribution is 0.0442. The van der Waals surface area contributed by atoms with Crippen molar-refractivity contribution in [2.75, 3.05) is 13.1 Å². The van der Waals surface area contributed by atoms with Crippen molar-refractivity contribution in [3.05, 3.63) is 71.3 Å². The fourth-order valence-corrected chi connectivity index (χ4v) is 3.25. The van der Waals surface area contributed by atoms with Crippen LogP contribution in [-0.2, 0) is 0 Å². The number of rotatable bonds is 3. The van der Waals surface area contributed by atoms with Crippen LogP contribution in [-0.4, -0.2) is 23.8 Å². The van der Waals surface area contributed by atoms with Crippen LogP contribution in [0.1, 0.15) is 29.0 Å². The van der Waals surface area contributed by atoms with Gasteiger partial charge in [-0.1, -0.05) is 60.2 Å². The van der Waals surface area contributed by atoms with Gasteiger partial charge in [-0.15, -0.1) is 12.4 Å². The molecule has 0 aliphatic carbocycles. The van der Waals surface area contributed by atoms with Gasteiger partial charge in [0.25, 0.3) is 0 Å². The first-order valence-electron chi connectivity index (χ1n) is 7.24. The molecule has 0 saturated carbocycles. The normalized spacial score (nSPS) is 22.6. The van der Waals surface area contributed by atoms with Gasteiger partial charge in [0.2, 0.25) is 0 Å². The first-order valence-corrected chi connectivity index (χ1v) is 7.24. The standard InChI is InChI=1S/C18H21NO.ClH/c1-14-6-5-9-16(12-14)17(15-7-3-2-4-8-15)18(20)10-11-19-13-18;/h2-9,12,17,19-20H,10-11,13H2,1H3;1H. The van der Waals surface area contributed by atoms with Crippen molar-refractivity contribution < 1.29 is 5.11 Å². The molecule has 2 aromatic carbocycles. The molecule has 1 saturated heterocycles. The lowest BCUT2D eigenvalue weighted by atomic mass is 9.76. The van der Waals surface area contributed by atoms with E-state index >= 15 is 0 Å². The molecule has 112 valence electrons. The average molecular weight is 304 g/mol. The maximum Gasteiger partial charge on any atom is 0.0892 e. The minimum Gasteiger partial charge on any atom is -0.388 e. The summed E-state index contributed by atoms with van der Waals surface area (Å²) in [6, 6.07) is 18.8. The van der Waals surface area contributed by atoms with Gasteiger partial charge in [-0.25, -0.2) is 0 Å². The van der Waals surface area contributed by atoms with E-state index in [9.17, 15) is 5.11 Å². The molecule has 3 rings (SSSR count). The van der Waals surface area contributed by atoms with E-state index in [4.69, 9.17) is 0 Å². The smallest absolute Gasteiger partial charge is 0.0892 e. The average Bonchev–Trinajstić information content (AvgIpc) is 2.88. The molecule has 2 N–H and O–H groups in total. The van der Waals surface area contributed by atoms with Crippen LogP contribution in [0.3, 0.4) is 0 Å². The zero-order valence-corrected chi connectivity index (χ0v) is 13.1. The van der Waals surface area contributed by atoms with Gasteiger partial charge in [-0.3, -0.25) is 0 Å². The van der Waals surface area contributed by atoms with Crippen molar-refractivity contribution >= 4 is 12.4 Å². The van der Waals surface area contributed by atoms with Crippen LogP contribution >= 0.6 is 12.4 Å². The number of benzene rings is 2. The molecule has 2 unspecified atom stereocenters. The Bertz CT molecular complexity index is 579. The molecule has 0 spiro atoms. The third-order valence-corrected chi connectivity index (χ3v) is 4.21. The highest BCUT2D eigenvalue weighted by atomic mass is 35.5. The molecular formula is C18H22ClNO. The fraction of sp³-hybridized carbons (Fsp3) is 0.333. The van der Waals surface area contributed by atoms with E-state index in [0.717, 1.165) is 13.0 Å². The van der Waals surface area contributed by atoms with E-state index in [0.29, 0.717) is 6.54 Å². The van der Waals surface area contributed by atoms with Gasteiger partial charge in [0, 0.05) is 12.5 Å².